The van der Waals surface area contributed by atoms with E-state index >= 15 is 0 Å². The molecular formula is C23H15Br2FN2O2. The van der Waals surface area contributed by atoms with Gasteiger partial charge in [0.25, 0.3) is 5.91 Å². The molecule has 0 aliphatic rings. The molecule has 1 N–H and O–H groups in total. The molecule has 0 spiro atoms. The van der Waals surface area contributed by atoms with Gasteiger partial charge in [-0.15, -0.1) is 0 Å². The molecule has 0 aliphatic carbocycles. The van der Waals surface area contributed by atoms with Crippen LogP contribution < -0.4 is 10.1 Å². The normalized spacial score (nSPS) is 10.9. The first-order chi connectivity index (χ1) is 14.5. The molecule has 3 aromatic carbocycles. The second-order valence-electron chi connectivity index (χ2n) is 6.17. The van der Waals surface area contributed by atoms with Crippen LogP contribution in [0.15, 0.2) is 81.2 Å². The van der Waals surface area contributed by atoms with E-state index in [1.54, 1.807) is 24.3 Å². The van der Waals surface area contributed by atoms with Crippen molar-refractivity contribution in [3.05, 3.63) is 98.2 Å². The number of amides is 1. The van der Waals surface area contributed by atoms with E-state index in [1.807, 2.05) is 30.3 Å². The highest BCUT2D eigenvalue weighted by Gasteiger charge is 2.14. The Morgan fingerprint density at radius 1 is 1.10 bits per heavy atom. The lowest BCUT2D eigenvalue weighted by molar-refractivity contribution is -0.112. The Bertz CT molecular complexity index is 1160. The van der Waals surface area contributed by atoms with Crippen LogP contribution in [-0.4, -0.2) is 5.91 Å². The summed E-state index contributed by atoms with van der Waals surface area (Å²) in [4.78, 5) is 12.5. The van der Waals surface area contributed by atoms with Gasteiger partial charge in [0, 0.05) is 20.1 Å². The zero-order chi connectivity index (χ0) is 21.5. The van der Waals surface area contributed by atoms with Crippen molar-refractivity contribution in [3.63, 3.8) is 0 Å². The number of carbonyl (C=O) groups is 1. The monoisotopic (exact) mass is 528 g/mol. The van der Waals surface area contributed by atoms with Crippen LogP contribution in [0.1, 0.15) is 11.1 Å². The van der Waals surface area contributed by atoms with Gasteiger partial charge in [0.05, 0.1) is 5.69 Å². The first kappa shape index (κ1) is 21.8. The highest BCUT2D eigenvalue weighted by atomic mass is 79.9. The summed E-state index contributed by atoms with van der Waals surface area (Å²) >= 11 is 6.87. The van der Waals surface area contributed by atoms with E-state index < -0.39 is 11.7 Å². The predicted octanol–water partition coefficient (Wildman–Crippen LogP) is 6.48. The molecule has 0 aliphatic heterocycles. The molecule has 0 fully saturated rings. The average molecular weight is 530 g/mol. The molecule has 0 saturated heterocycles. The van der Waals surface area contributed by atoms with Gasteiger partial charge >= 0.3 is 0 Å². The number of carbonyl (C=O) groups excluding carboxylic acids is 1. The fourth-order valence-corrected chi connectivity index (χ4v) is 3.37. The maximum absolute atomic E-state index is 13.8. The number of halogens is 3. The average Bonchev–Trinajstić information content (AvgIpc) is 2.74. The first-order valence-corrected chi connectivity index (χ1v) is 10.4. The quantitative estimate of drug-likeness (QED) is 0.294. The summed E-state index contributed by atoms with van der Waals surface area (Å²) in [5.74, 6) is -0.789. The van der Waals surface area contributed by atoms with E-state index in [4.69, 9.17) is 4.74 Å². The van der Waals surface area contributed by atoms with Gasteiger partial charge in [0.1, 0.15) is 29.8 Å². The molecule has 4 nitrogen and oxygen atoms in total. The lowest BCUT2D eigenvalue weighted by Gasteiger charge is -2.12. The van der Waals surface area contributed by atoms with Gasteiger partial charge < -0.3 is 10.1 Å². The van der Waals surface area contributed by atoms with E-state index in [0.29, 0.717) is 17.9 Å². The topological polar surface area (TPSA) is 62.1 Å². The van der Waals surface area contributed by atoms with Crippen molar-refractivity contribution in [3.8, 4) is 11.8 Å². The predicted molar refractivity (Wildman–Crippen MR) is 121 cm³/mol. The number of benzene rings is 3. The number of hydrogen-bond acceptors (Lipinski definition) is 3. The van der Waals surface area contributed by atoms with Crippen molar-refractivity contribution in [1.82, 2.24) is 0 Å². The number of ether oxygens (including phenoxy) is 1. The molecular weight excluding hydrogens is 515 g/mol. The summed E-state index contributed by atoms with van der Waals surface area (Å²) in [5.41, 5.74) is 1.32. The molecule has 0 aromatic heterocycles. The van der Waals surface area contributed by atoms with E-state index in [9.17, 15) is 14.4 Å². The molecule has 0 saturated carbocycles. The van der Waals surface area contributed by atoms with Crippen molar-refractivity contribution >= 4 is 49.5 Å². The fourth-order valence-electron chi connectivity index (χ4n) is 2.59. The molecule has 1 amide bonds. The van der Waals surface area contributed by atoms with Crippen LogP contribution in [0.4, 0.5) is 10.1 Å². The minimum Gasteiger partial charge on any atom is -0.488 e. The third kappa shape index (κ3) is 5.56. The molecule has 0 bridgehead atoms. The van der Waals surface area contributed by atoms with Crippen LogP contribution in [0.5, 0.6) is 5.75 Å². The summed E-state index contributed by atoms with van der Waals surface area (Å²) in [6.07, 6.45) is 1.41. The molecule has 0 atom stereocenters. The second kappa shape index (κ2) is 10.2. The number of hydrogen-bond donors (Lipinski definition) is 1. The zero-order valence-electron chi connectivity index (χ0n) is 15.5. The van der Waals surface area contributed by atoms with Crippen LogP contribution in [0, 0.1) is 17.1 Å². The molecule has 0 heterocycles. The molecule has 3 rings (SSSR count). The van der Waals surface area contributed by atoms with Crippen molar-refractivity contribution < 1.29 is 13.9 Å². The van der Waals surface area contributed by atoms with Gasteiger partial charge in [-0.25, -0.2) is 4.39 Å². The van der Waals surface area contributed by atoms with Crippen molar-refractivity contribution in [2.45, 2.75) is 6.61 Å². The van der Waals surface area contributed by atoms with Crippen LogP contribution in [-0.2, 0) is 11.4 Å². The molecule has 0 radical (unpaired) electrons. The third-order valence-electron chi connectivity index (χ3n) is 4.10. The van der Waals surface area contributed by atoms with Gasteiger partial charge in [-0.1, -0.05) is 62.2 Å². The molecule has 30 heavy (non-hydrogen) atoms. The highest BCUT2D eigenvalue weighted by Crippen LogP contribution is 2.28. The third-order valence-corrected chi connectivity index (χ3v) is 5.37. The Balaban J connectivity index is 1.86. The smallest absolute Gasteiger partial charge is 0.266 e. The highest BCUT2D eigenvalue weighted by molar-refractivity contribution is 9.10. The summed E-state index contributed by atoms with van der Waals surface area (Å²) in [6.45, 7) is 0.299. The lowest BCUT2D eigenvalue weighted by atomic mass is 10.1. The first-order valence-electron chi connectivity index (χ1n) is 8.81. The number of nitriles is 1. The van der Waals surface area contributed by atoms with Gasteiger partial charge in [-0.3, -0.25) is 4.79 Å². The minimum atomic E-state index is -0.709. The lowest BCUT2D eigenvalue weighted by Crippen LogP contribution is -2.14. The van der Waals surface area contributed by atoms with E-state index in [2.05, 4.69) is 37.2 Å². The Morgan fingerprint density at radius 3 is 2.57 bits per heavy atom. The van der Waals surface area contributed by atoms with Crippen LogP contribution in [0.3, 0.4) is 0 Å². The Labute approximate surface area is 190 Å². The zero-order valence-corrected chi connectivity index (χ0v) is 18.7. The number of para-hydroxylation sites is 1. The fraction of sp³-hybridized carbons (Fsp3) is 0.0435. The molecule has 7 heteroatoms. The number of nitrogens with one attached hydrogen (secondary N) is 1. The number of nitrogens with zero attached hydrogens (tertiary/aromatic N) is 1. The Hall–Kier alpha value is -2.95. The van der Waals surface area contributed by atoms with Gasteiger partial charge in [-0.05, 0) is 42.5 Å². The van der Waals surface area contributed by atoms with E-state index in [1.165, 1.54) is 24.3 Å². The largest absolute Gasteiger partial charge is 0.488 e. The van der Waals surface area contributed by atoms with E-state index in [0.717, 1.165) is 14.5 Å². The molecule has 3 aromatic rings. The summed E-state index contributed by atoms with van der Waals surface area (Å²) in [5, 5.41) is 11.9. The maximum Gasteiger partial charge on any atom is 0.266 e. The molecule has 150 valence electrons. The standard InChI is InChI=1S/C23H15Br2FN2O2/c24-18-9-10-22(30-14-15-5-1-2-6-19(15)25)16(12-18)11-17(13-27)23(29)28-21-8-4-3-7-20(21)26/h1-12H,14H2,(H,28,29)/b17-11+. The Morgan fingerprint density at radius 2 is 1.83 bits per heavy atom. The maximum atomic E-state index is 13.8. The SMILES string of the molecule is N#C/C(=C\c1cc(Br)ccc1OCc1ccccc1Br)C(=O)Nc1ccccc1F. The number of rotatable bonds is 6. The van der Waals surface area contributed by atoms with Crippen molar-refractivity contribution in [2.24, 2.45) is 0 Å². The van der Waals surface area contributed by atoms with Gasteiger partial charge in [0.2, 0.25) is 0 Å². The van der Waals surface area contributed by atoms with Crippen LogP contribution in [0.2, 0.25) is 0 Å². The number of anilines is 1. The van der Waals surface area contributed by atoms with Gasteiger partial charge in [0.15, 0.2) is 0 Å². The second-order valence-corrected chi connectivity index (χ2v) is 7.94. The van der Waals surface area contributed by atoms with Crippen molar-refractivity contribution in [2.75, 3.05) is 5.32 Å². The van der Waals surface area contributed by atoms with Crippen molar-refractivity contribution in [1.29, 1.82) is 5.26 Å². The molecule has 0 unspecified atom stereocenters. The van der Waals surface area contributed by atoms with E-state index in [-0.39, 0.29) is 11.3 Å². The Kier molecular flexibility index (Phi) is 7.39. The van der Waals surface area contributed by atoms with Crippen LogP contribution >= 0.6 is 31.9 Å². The minimum absolute atomic E-state index is 0.00305. The van der Waals surface area contributed by atoms with Gasteiger partial charge in [-0.2, -0.15) is 5.26 Å². The summed E-state index contributed by atoms with van der Waals surface area (Å²) in [6, 6.07) is 20.6. The summed E-state index contributed by atoms with van der Waals surface area (Å²) < 4.78 is 21.4. The van der Waals surface area contributed by atoms with Crippen LogP contribution in [0.25, 0.3) is 6.08 Å². The summed E-state index contributed by atoms with van der Waals surface area (Å²) in [7, 11) is 0.